The monoisotopic (exact) mass is 609 g/mol. The Hall–Kier alpha value is -2.20. The standard InChI is InChI=1S/C27H36ClN5O4Se/c1-27(2,3)23-15-21(24(38-23)25(29)35)33(7-5-28)26-19-14-22(18(16-34)13-20(19)30-17-31-26)37-10-4-6-32-8-11-36-12-9-32/h13-15,17,34H,4-12,16H2,1-3H3,(H2,29,35). The summed E-state index contributed by atoms with van der Waals surface area (Å²) in [5.41, 5.74) is 7.81. The van der Waals surface area contributed by atoms with Crippen molar-refractivity contribution >= 4 is 54.4 Å². The normalized spacial score (nSPS) is 14.7. The van der Waals surface area contributed by atoms with E-state index < -0.39 is 5.91 Å². The summed E-state index contributed by atoms with van der Waals surface area (Å²) in [7, 11) is 0. The zero-order valence-corrected chi connectivity index (χ0v) is 24.7. The first-order valence-corrected chi connectivity index (χ1v) is 15.1. The number of morpholine rings is 1. The number of carbonyl (C=O) groups excluding carboxylic acids is 1. The molecule has 1 aromatic carbocycles. The summed E-state index contributed by atoms with van der Waals surface area (Å²) in [4.78, 5) is 25.9. The van der Waals surface area contributed by atoms with Crippen LogP contribution in [0.3, 0.4) is 0 Å². The topological polar surface area (TPSA) is 114 Å². The molecular weight excluding hydrogens is 573 g/mol. The van der Waals surface area contributed by atoms with Gasteiger partial charge in [0.1, 0.15) is 0 Å². The first kappa shape index (κ1) is 28.8. The van der Waals surface area contributed by atoms with Crippen LogP contribution in [0.1, 0.15) is 46.4 Å². The SMILES string of the molecule is CC(C)(C)c1cc(N(CCCl)c2ncnc3cc(CO)c(OCCCN4CCOCC4)cc23)c(C(N)=O)[se]1. The molecule has 0 bridgehead atoms. The van der Waals surface area contributed by atoms with Crippen molar-refractivity contribution < 1.29 is 19.4 Å². The van der Waals surface area contributed by atoms with Gasteiger partial charge in [0.25, 0.3) is 0 Å². The molecule has 0 spiro atoms. The van der Waals surface area contributed by atoms with Gasteiger partial charge in [0.05, 0.1) is 13.2 Å². The molecule has 1 fully saturated rings. The van der Waals surface area contributed by atoms with E-state index in [4.69, 9.17) is 26.8 Å². The van der Waals surface area contributed by atoms with Crippen LogP contribution < -0.4 is 15.4 Å². The quantitative estimate of drug-likeness (QED) is 0.194. The zero-order valence-electron chi connectivity index (χ0n) is 22.2. The number of fused-ring (bicyclic) bond motifs is 1. The summed E-state index contributed by atoms with van der Waals surface area (Å²) in [6.07, 6.45) is 2.35. The van der Waals surface area contributed by atoms with Crippen molar-refractivity contribution in [1.82, 2.24) is 14.9 Å². The Bertz CT molecular complexity index is 1260. The number of nitrogens with zero attached hydrogens (tertiary/aromatic N) is 4. The molecule has 3 aromatic rings. The molecule has 1 aliphatic rings. The molecule has 3 N–H and O–H groups in total. The Balaban J connectivity index is 1.69. The number of anilines is 2. The molecule has 3 heterocycles. The summed E-state index contributed by atoms with van der Waals surface area (Å²) < 4.78 is 13.4. The van der Waals surface area contributed by atoms with Gasteiger partial charge in [-0.3, -0.25) is 0 Å². The number of nitrogens with two attached hydrogens (primary N) is 1. The van der Waals surface area contributed by atoms with Crippen LogP contribution in [0.5, 0.6) is 5.75 Å². The number of benzene rings is 1. The predicted molar refractivity (Wildman–Crippen MR) is 151 cm³/mol. The number of alkyl halides is 1. The van der Waals surface area contributed by atoms with Crippen LogP contribution in [0.2, 0.25) is 0 Å². The average Bonchev–Trinajstić information content (AvgIpc) is 3.36. The van der Waals surface area contributed by atoms with E-state index >= 15 is 0 Å². The number of aromatic nitrogens is 2. The Labute approximate surface area is 234 Å². The predicted octanol–water partition coefficient (Wildman–Crippen LogP) is 3.05. The van der Waals surface area contributed by atoms with Gasteiger partial charge in [-0.2, -0.15) is 0 Å². The maximum atomic E-state index is 12.5. The third kappa shape index (κ3) is 6.68. The minimum atomic E-state index is -0.430. The Kier molecular flexibility index (Phi) is 9.68. The second kappa shape index (κ2) is 12.8. The van der Waals surface area contributed by atoms with Crippen LogP contribution in [-0.2, 0) is 16.8 Å². The second-order valence-electron chi connectivity index (χ2n) is 10.3. The van der Waals surface area contributed by atoms with E-state index in [9.17, 15) is 9.90 Å². The number of aliphatic hydroxyl groups excluding tert-OH is 1. The molecule has 4 rings (SSSR count). The van der Waals surface area contributed by atoms with Crippen molar-refractivity contribution in [2.24, 2.45) is 5.73 Å². The maximum absolute atomic E-state index is 12.5. The molecule has 2 aromatic heterocycles. The van der Waals surface area contributed by atoms with Crippen LogP contribution in [0.25, 0.3) is 10.9 Å². The summed E-state index contributed by atoms with van der Waals surface area (Å²) in [5.74, 6) is 1.11. The summed E-state index contributed by atoms with van der Waals surface area (Å²) in [6.45, 7) is 11.5. The van der Waals surface area contributed by atoms with Gasteiger partial charge in [-0.25, -0.2) is 0 Å². The molecule has 9 nitrogen and oxygen atoms in total. The number of ether oxygens (including phenoxy) is 2. The number of rotatable bonds is 11. The van der Waals surface area contributed by atoms with E-state index in [0.717, 1.165) is 50.3 Å². The average molecular weight is 609 g/mol. The number of primary amides is 1. The van der Waals surface area contributed by atoms with E-state index in [1.54, 1.807) is 0 Å². The fourth-order valence-electron chi connectivity index (χ4n) is 4.43. The Morgan fingerprint density at radius 3 is 2.68 bits per heavy atom. The molecule has 0 aliphatic carbocycles. The van der Waals surface area contributed by atoms with Crippen molar-refractivity contribution in [2.75, 3.05) is 56.8 Å². The van der Waals surface area contributed by atoms with E-state index in [0.29, 0.717) is 46.1 Å². The number of hydrogen-bond donors (Lipinski definition) is 2. The van der Waals surface area contributed by atoms with Crippen molar-refractivity contribution in [3.05, 3.63) is 39.0 Å². The molecule has 0 saturated carbocycles. The van der Waals surface area contributed by atoms with E-state index in [1.165, 1.54) is 10.8 Å². The zero-order chi connectivity index (χ0) is 27.3. The molecule has 0 atom stereocenters. The van der Waals surface area contributed by atoms with E-state index in [-0.39, 0.29) is 26.5 Å². The van der Waals surface area contributed by atoms with Crippen molar-refractivity contribution in [1.29, 1.82) is 0 Å². The van der Waals surface area contributed by atoms with Gasteiger partial charge in [0, 0.05) is 13.1 Å². The summed E-state index contributed by atoms with van der Waals surface area (Å²) >= 11 is 6.06. The second-order valence-corrected chi connectivity index (χ2v) is 12.9. The molecule has 206 valence electrons. The van der Waals surface area contributed by atoms with Crippen molar-refractivity contribution in [2.45, 2.75) is 39.2 Å². The van der Waals surface area contributed by atoms with Gasteiger partial charge < -0.3 is 4.74 Å². The van der Waals surface area contributed by atoms with Crippen LogP contribution in [-0.4, -0.2) is 92.3 Å². The molecule has 38 heavy (non-hydrogen) atoms. The van der Waals surface area contributed by atoms with Gasteiger partial charge in [-0.1, -0.05) is 0 Å². The van der Waals surface area contributed by atoms with Crippen LogP contribution >= 0.6 is 11.6 Å². The van der Waals surface area contributed by atoms with Gasteiger partial charge in [-0.05, 0) is 0 Å². The molecule has 1 saturated heterocycles. The number of amides is 1. The number of aliphatic hydroxyl groups is 1. The molecular formula is C27H36ClN5O4Se. The molecule has 1 amide bonds. The molecule has 11 heteroatoms. The van der Waals surface area contributed by atoms with Crippen LogP contribution in [0.4, 0.5) is 11.5 Å². The van der Waals surface area contributed by atoms with Crippen LogP contribution in [0.15, 0.2) is 24.5 Å². The van der Waals surface area contributed by atoms with Crippen molar-refractivity contribution in [3.8, 4) is 5.75 Å². The van der Waals surface area contributed by atoms with Crippen molar-refractivity contribution in [3.63, 3.8) is 0 Å². The van der Waals surface area contributed by atoms with Gasteiger partial charge in [0.15, 0.2) is 0 Å². The third-order valence-corrected chi connectivity index (χ3v) is 9.93. The van der Waals surface area contributed by atoms with Gasteiger partial charge in [-0.15, -0.1) is 0 Å². The van der Waals surface area contributed by atoms with E-state index in [1.807, 2.05) is 17.0 Å². The Morgan fingerprint density at radius 1 is 1.26 bits per heavy atom. The summed E-state index contributed by atoms with van der Waals surface area (Å²) in [6, 6.07) is 5.77. The minimum absolute atomic E-state index is 0.0961. The molecule has 0 unspecified atom stereocenters. The number of hydrogen-bond acceptors (Lipinski definition) is 8. The van der Waals surface area contributed by atoms with Gasteiger partial charge >= 0.3 is 204 Å². The van der Waals surface area contributed by atoms with Crippen LogP contribution in [0, 0.1) is 0 Å². The number of halogens is 1. The molecule has 1 aliphatic heterocycles. The molecule has 0 radical (unpaired) electrons. The fourth-order valence-corrected chi connectivity index (χ4v) is 6.85. The Morgan fingerprint density at radius 2 is 2.03 bits per heavy atom. The fraction of sp³-hybridized carbons (Fsp3) is 0.519. The number of carbonyl (C=O) groups is 1. The summed E-state index contributed by atoms with van der Waals surface area (Å²) in [5, 5.41) is 10.8. The first-order valence-electron chi connectivity index (χ1n) is 12.8. The first-order chi connectivity index (χ1) is 18.2. The van der Waals surface area contributed by atoms with Gasteiger partial charge in [0.2, 0.25) is 0 Å². The van der Waals surface area contributed by atoms with E-state index in [2.05, 4.69) is 41.7 Å². The third-order valence-electron chi connectivity index (χ3n) is 6.48.